The quantitative estimate of drug-likeness (QED) is 0.409. The SMILES string of the molecule is COc1ccc(NC(=O)C(=O)c2c(-c3cccnc3)[nH]c3ccccc23)cc1. The predicted octanol–water partition coefficient (Wildman–Crippen LogP) is 4.06. The molecule has 4 aromatic rings. The summed E-state index contributed by atoms with van der Waals surface area (Å²) in [4.78, 5) is 33.1. The van der Waals surface area contributed by atoms with Crippen molar-refractivity contribution in [2.75, 3.05) is 12.4 Å². The van der Waals surface area contributed by atoms with Crippen LogP contribution in [0.15, 0.2) is 73.1 Å². The van der Waals surface area contributed by atoms with Gasteiger partial charge in [0.2, 0.25) is 0 Å². The molecule has 28 heavy (non-hydrogen) atoms. The van der Waals surface area contributed by atoms with E-state index in [1.807, 2.05) is 30.3 Å². The summed E-state index contributed by atoms with van der Waals surface area (Å²) in [5.74, 6) is -0.660. The van der Waals surface area contributed by atoms with Crippen molar-refractivity contribution in [1.82, 2.24) is 9.97 Å². The Kier molecular flexibility index (Phi) is 4.60. The van der Waals surface area contributed by atoms with Crippen molar-refractivity contribution < 1.29 is 14.3 Å². The number of amides is 1. The van der Waals surface area contributed by atoms with E-state index in [0.29, 0.717) is 28.1 Å². The molecule has 2 heterocycles. The van der Waals surface area contributed by atoms with E-state index < -0.39 is 11.7 Å². The third-order valence-corrected chi connectivity index (χ3v) is 4.44. The van der Waals surface area contributed by atoms with Gasteiger partial charge in [0.05, 0.1) is 18.4 Å². The highest BCUT2D eigenvalue weighted by molar-refractivity contribution is 6.49. The fraction of sp³-hybridized carbons (Fsp3) is 0.0455. The first-order valence-corrected chi connectivity index (χ1v) is 8.68. The van der Waals surface area contributed by atoms with Crippen LogP contribution in [0.25, 0.3) is 22.2 Å². The molecule has 0 radical (unpaired) electrons. The summed E-state index contributed by atoms with van der Waals surface area (Å²) in [5, 5.41) is 3.34. The van der Waals surface area contributed by atoms with Crippen molar-refractivity contribution in [2.45, 2.75) is 0 Å². The van der Waals surface area contributed by atoms with Gasteiger partial charge in [0, 0.05) is 34.5 Å². The Morgan fingerprint density at radius 2 is 1.79 bits per heavy atom. The molecule has 6 nitrogen and oxygen atoms in total. The molecule has 4 rings (SSSR count). The minimum Gasteiger partial charge on any atom is -0.497 e. The Bertz CT molecular complexity index is 1150. The molecule has 0 saturated heterocycles. The minimum atomic E-state index is -0.708. The van der Waals surface area contributed by atoms with Gasteiger partial charge in [0.1, 0.15) is 5.75 Å². The third-order valence-electron chi connectivity index (χ3n) is 4.44. The number of nitrogens with one attached hydrogen (secondary N) is 2. The maximum atomic E-state index is 13.1. The van der Waals surface area contributed by atoms with E-state index in [-0.39, 0.29) is 0 Å². The van der Waals surface area contributed by atoms with E-state index >= 15 is 0 Å². The molecule has 2 aromatic carbocycles. The molecule has 0 fully saturated rings. The molecule has 0 spiro atoms. The zero-order chi connectivity index (χ0) is 19.5. The van der Waals surface area contributed by atoms with Gasteiger partial charge in [-0.05, 0) is 42.5 Å². The number of methoxy groups -OCH3 is 1. The number of benzene rings is 2. The molecule has 0 aliphatic heterocycles. The minimum absolute atomic E-state index is 0.328. The monoisotopic (exact) mass is 371 g/mol. The molecule has 0 bridgehead atoms. The van der Waals surface area contributed by atoms with Crippen LogP contribution in [0, 0.1) is 0 Å². The number of aromatic amines is 1. The van der Waals surface area contributed by atoms with Gasteiger partial charge in [-0.2, -0.15) is 0 Å². The second-order valence-corrected chi connectivity index (χ2v) is 6.17. The summed E-state index contributed by atoms with van der Waals surface area (Å²) in [6, 6.07) is 17.8. The highest BCUT2D eigenvalue weighted by atomic mass is 16.5. The van der Waals surface area contributed by atoms with Gasteiger partial charge in [0.25, 0.3) is 11.7 Å². The summed E-state index contributed by atoms with van der Waals surface area (Å²) < 4.78 is 5.10. The number of anilines is 1. The Morgan fingerprint density at radius 1 is 1.00 bits per heavy atom. The first-order chi connectivity index (χ1) is 13.7. The number of nitrogens with zero attached hydrogens (tertiary/aromatic N) is 1. The number of hydrogen-bond donors (Lipinski definition) is 2. The highest BCUT2D eigenvalue weighted by Crippen LogP contribution is 2.30. The van der Waals surface area contributed by atoms with E-state index in [0.717, 1.165) is 11.1 Å². The molecule has 0 atom stereocenters. The van der Waals surface area contributed by atoms with Crippen molar-refractivity contribution in [3.63, 3.8) is 0 Å². The molecule has 0 unspecified atom stereocenters. The van der Waals surface area contributed by atoms with Crippen molar-refractivity contribution in [3.8, 4) is 17.0 Å². The lowest BCUT2D eigenvalue weighted by atomic mass is 10.0. The number of hydrogen-bond acceptors (Lipinski definition) is 4. The zero-order valence-electron chi connectivity index (χ0n) is 15.1. The fourth-order valence-electron chi connectivity index (χ4n) is 3.08. The molecular formula is C22H17N3O3. The standard InChI is InChI=1S/C22H17N3O3/c1-28-16-10-8-15(9-11-16)24-22(27)21(26)19-17-6-2-3-7-18(17)25-20(19)14-5-4-12-23-13-14/h2-13,25H,1H3,(H,24,27). The maximum absolute atomic E-state index is 13.1. The summed E-state index contributed by atoms with van der Waals surface area (Å²) in [6.45, 7) is 0. The number of aromatic nitrogens is 2. The van der Waals surface area contributed by atoms with Crippen molar-refractivity contribution >= 4 is 28.3 Å². The second-order valence-electron chi connectivity index (χ2n) is 6.17. The van der Waals surface area contributed by atoms with E-state index in [1.54, 1.807) is 49.8 Å². The number of pyridine rings is 1. The number of carbonyl (C=O) groups is 2. The summed E-state index contributed by atoms with van der Waals surface area (Å²) in [7, 11) is 1.56. The largest absolute Gasteiger partial charge is 0.497 e. The van der Waals surface area contributed by atoms with Crippen molar-refractivity contribution in [1.29, 1.82) is 0 Å². The van der Waals surface area contributed by atoms with Crippen LogP contribution in [0.1, 0.15) is 10.4 Å². The molecule has 0 saturated carbocycles. The van der Waals surface area contributed by atoms with Crippen LogP contribution < -0.4 is 10.1 Å². The van der Waals surface area contributed by atoms with Gasteiger partial charge in [-0.25, -0.2) is 0 Å². The van der Waals surface area contributed by atoms with Crippen LogP contribution in [0.3, 0.4) is 0 Å². The van der Waals surface area contributed by atoms with Crippen LogP contribution >= 0.6 is 0 Å². The first kappa shape index (κ1) is 17.5. The normalized spacial score (nSPS) is 10.6. The Morgan fingerprint density at radius 3 is 2.50 bits per heavy atom. The fourth-order valence-corrected chi connectivity index (χ4v) is 3.08. The number of H-pyrrole nitrogens is 1. The molecule has 138 valence electrons. The summed E-state index contributed by atoms with van der Waals surface area (Å²) in [6.07, 6.45) is 3.31. The summed E-state index contributed by atoms with van der Waals surface area (Å²) in [5.41, 5.74) is 2.93. The first-order valence-electron chi connectivity index (χ1n) is 8.68. The smallest absolute Gasteiger partial charge is 0.296 e. The number of para-hydroxylation sites is 1. The van der Waals surface area contributed by atoms with E-state index in [1.165, 1.54) is 0 Å². The summed E-state index contributed by atoms with van der Waals surface area (Å²) >= 11 is 0. The van der Waals surface area contributed by atoms with Gasteiger partial charge in [-0.1, -0.05) is 18.2 Å². The number of ether oxygens (including phenoxy) is 1. The molecule has 1 amide bonds. The van der Waals surface area contributed by atoms with Crippen molar-refractivity contribution in [2.24, 2.45) is 0 Å². The number of carbonyl (C=O) groups excluding carboxylic acids is 2. The van der Waals surface area contributed by atoms with Crippen molar-refractivity contribution in [3.05, 3.63) is 78.6 Å². The number of rotatable bonds is 5. The molecule has 6 heteroatoms. The van der Waals surface area contributed by atoms with Gasteiger partial charge >= 0.3 is 0 Å². The Labute approximate surface area is 161 Å². The average molecular weight is 371 g/mol. The predicted molar refractivity (Wildman–Crippen MR) is 107 cm³/mol. The highest BCUT2D eigenvalue weighted by Gasteiger charge is 2.25. The van der Waals surface area contributed by atoms with E-state index in [9.17, 15) is 9.59 Å². The molecule has 2 aromatic heterocycles. The van der Waals surface area contributed by atoms with Gasteiger partial charge in [-0.3, -0.25) is 14.6 Å². The lowest BCUT2D eigenvalue weighted by Crippen LogP contribution is -2.23. The lowest BCUT2D eigenvalue weighted by Gasteiger charge is -2.07. The molecule has 0 aliphatic rings. The lowest BCUT2D eigenvalue weighted by molar-refractivity contribution is -0.112. The van der Waals surface area contributed by atoms with E-state index in [2.05, 4.69) is 15.3 Å². The van der Waals surface area contributed by atoms with Gasteiger partial charge in [0.15, 0.2) is 0 Å². The number of Topliss-reactive ketones (excluding diaryl/α,β-unsaturated/α-hetero) is 1. The van der Waals surface area contributed by atoms with Crippen LogP contribution in [0.5, 0.6) is 5.75 Å². The Balaban J connectivity index is 1.72. The van der Waals surface area contributed by atoms with E-state index in [4.69, 9.17) is 4.74 Å². The Hall–Kier alpha value is -3.93. The third kappa shape index (κ3) is 3.23. The van der Waals surface area contributed by atoms with Crippen LogP contribution in [0.4, 0.5) is 5.69 Å². The molecule has 2 N–H and O–H groups in total. The zero-order valence-corrected chi connectivity index (χ0v) is 15.1. The van der Waals surface area contributed by atoms with Gasteiger partial charge < -0.3 is 15.0 Å². The van der Waals surface area contributed by atoms with Crippen LogP contribution in [-0.2, 0) is 4.79 Å². The maximum Gasteiger partial charge on any atom is 0.296 e. The number of fused-ring (bicyclic) bond motifs is 1. The topological polar surface area (TPSA) is 84.1 Å². The second kappa shape index (κ2) is 7.36. The average Bonchev–Trinajstić information content (AvgIpc) is 3.14. The molecular weight excluding hydrogens is 354 g/mol. The van der Waals surface area contributed by atoms with Gasteiger partial charge in [-0.15, -0.1) is 0 Å². The molecule has 0 aliphatic carbocycles. The van der Waals surface area contributed by atoms with Crippen LogP contribution in [-0.4, -0.2) is 28.8 Å². The van der Waals surface area contributed by atoms with Crippen LogP contribution in [0.2, 0.25) is 0 Å². The number of ketones is 1.